The van der Waals surface area contributed by atoms with Crippen molar-refractivity contribution < 1.29 is 13.9 Å². The number of carbonyl (C=O) groups is 1. The van der Waals surface area contributed by atoms with Crippen LogP contribution in [-0.2, 0) is 6.61 Å². The topological polar surface area (TPSA) is 85.5 Å². The Morgan fingerprint density at radius 3 is 2.57 bits per heavy atom. The average Bonchev–Trinajstić information content (AvgIpc) is 3.51. The molecular weight excluding hydrogens is 530 g/mol. The first-order valence-electron chi connectivity index (χ1n) is 10.7. The quantitative estimate of drug-likeness (QED) is 0.280. The van der Waals surface area contributed by atoms with Crippen LogP contribution >= 0.6 is 27.3 Å². The fourth-order valence-corrected chi connectivity index (χ4v) is 5.16. The van der Waals surface area contributed by atoms with Crippen LogP contribution in [0.3, 0.4) is 0 Å². The highest BCUT2D eigenvalue weighted by Crippen LogP contribution is 2.42. The summed E-state index contributed by atoms with van der Waals surface area (Å²) in [6.45, 7) is 0.437. The van der Waals surface area contributed by atoms with Gasteiger partial charge in [-0.3, -0.25) is 14.5 Å². The monoisotopic (exact) mass is 545 g/mol. The molecule has 1 aliphatic rings. The number of amides is 1. The Hall–Kier alpha value is -3.82. The molecule has 0 bridgehead atoms. The van der Waals surface area contributed by atoms with Crippen LogP contribution in [0.4, 0.5) is 5.13 Å². The van der Waals surface area contributed by atoms with Gasteiger partial charge in [-0.25, -0.2) is 0 Å². The number of carbonyl (C=O) groups excluding carboxylic acids is 1. The number of hydrogen-bond donors (Lipinski definition) is 0. The van der Waals surface area contributed by atoms with E-state index in [1.165, 1.54) is 16.2 Å². The Bertz CT molecular complexity index is 1600. The minimum atomic E-state index is -0.701. The molecule has 172 valence electrons. The van der Waals surface area contributed by atoms with E-state index in [1.54, 1.807) is 23.7 Å². The Morgan fingerprint density at radius 2 is 1.83 bits per heavy atom. The zero-order valence-electron chi connectivity index (χ0n) is 18.1. The smallest absolute Gasteiger partial charge is 0.297 e. The van der Waals surface area contributed by atoms with Gasteiger partial charge in [0.15, 0.2) is 5.43 Å². The van der Waals surface area contributed by atoms with Gasteiger partial charge in [-0.05, 0) is 41.5 Å². The third kappa shape index (κ3) is 3.82. The van der Waals surface area contributed by atoms with Crippen LogP contribution in [0.25, 0.3) is 11.0 Å². The molecule has 1 unspecified atom stereocenters. The van der Waals surface area contributed by atoms with E-state index in [-0.39, 0.29) is 16.8 Å². The van der Waals surface area contributed by atoms with Gasteiger partial charge in [0.05, 0.1) is 17.0 Å². The summed E-state index contributed by atoms with van der Waals surface area (Å²) in [4.78, 5) is 28.6. The van der Waals surface area contributed by atoms with Gasteiger partial charge < -0.3 is 9.15 Å². The van der Waals surface area contributed by atoms with E-state index in [2.05, 4.69) is 26.1 Å². The van der Waals surface area contributed by atoms with Crippen molar-refractivity contribution >= 4 is 49.3 Å². The molecule has 1 aliphatic heterocycles. The number of anilines is 1. The zero-order valence-corrected chi connectivity index (χ0v) is 20.5. The maximum atomic E-state index is 13.6. The predicted octanol–water partition coefficient (Wildman–Crippen LogP) is 5.74. The third-order valence-corrected chi connectivity index (χ3v) is 7.01. The lowest BCUT2D eigenvalue weighted by molar-refractivity contribution is 0.0970. The number of benzene rings is 3. The summed E-state index contributed by atoms with van der Waals surface area (Å²) in [5, 5.41) is 8.78. The summed E-state index contributed by atoms with van der Waals surface area (Å²) in [6.07, 6.45) is 0. The van der Waals surface area contributed by atoms with Crippen LogP contribution in [0.5, 0.6) is 5.75 Å². The molecule has 5 aromatic rings. The number of ether oxygens (including phenoxy) is 1. The SMILES string of the molecule is O=C1c2oc3ccc(Br)cc3c(=O)c2C(c2ccc(OCc3ccccc3)cc2)N1c1nncs1. The number of hydrogen-bond acceptors (Lipinski definition) is 7. The van der Waals surface area contributed by atoms with E-state index in [0.29, 0.717) is 28.5 Å². The van der Waals surface area contributed by atoms with Crippen molar-refractivity contribution in [2.24, 2.45) is 0 Å². The molecular formula is C26H16BrN3O4S. The molecule has 7 nitrogen and oxygen atoms in total. The number of halogens is 1. The van der Waals surface area contributed by atoms with Crippen molar-refractivity contribution in [2.75, 3.05) is 4.90 Å². The largest absolute Gasteiger partial charge is 0.489 e. The van der Waals surface area contributed by atoms with Gasteiger partial charge in [0.2, 0.25) is 10.9 Å². The molecule has 6 rings (SSSR count). The van der Waals surface area contributed by atoms with E-state index >= 15 is 0 Å². The second-order valence-electron chi connectivity index (χ2n) is 7.96. The van der Waals surface area contributed by atoms with Crippen LogP contribution < -0.4 is 15.1 Å². The minimum absolute atomic E-state index is 0.0226. The summed E-state index contributed by atoms with van der Waals surface area (Å²) in [5.74, 6) is 0.279. The van der Waals surface area contributed by atoms with E-state index in [4.69, 9.17) is 9.15 Å². The van der Waals surface area contributed by atoms with Crippen molar-refractivity contribution in [1.29, 1.82) is 0 Å². The molecule has 0 spiro atoms. The molecule has 0 N–H and O–H groups in total. The number of fused-ring (bicyclic) bond motifs is 2. The first-order valence-corrected chi connectivity index (χ1v) is 12.4. The lowest BCUT2D eigenvalue weighted by atomic mass is 9.98. The zero-order chi connectivity index (χ0) is 23.9. The van der Waals surface area contributed by atoms with Crippen LogP contribution in [0.2, 0.25) is 0 Å². The molecule has 1 atom stereocenters. The highest BCUT2D eigenvalue weighted by molar-refractivity contribution is 9.10. The average molecular weight is 546 g/mol. The first kappa shape index (κ1) is 21.7. The molecule has 0 aliphatic carbocycles. The Balaban J connectivity index is 1.43. The fraction of sp³-hybridized carbons (Fsp3) is 0.0769. The molecule has 3 heterocycles. The second-order valence-corrected chi connectivity index (χ2v) is 9.68. The van der Waals surface area contributed by atoms with Crippen molar-refractivity contribution in [2.45, 2.75) is 12.6 Å². The molecule has 2 aromatic heterocycles. The summed E-state index contributed by atoms with van der Waals surface area (Å²) in [5.41, 5.74) is 3.73. The minimum Gasteiger partial charge on any atom is -0.489 e. The normalized spacial score (nSPS) is 14.9. The molecule has 0 saturated heterocycles. The molecule has 0 saturated carbocycles. The lowest BCUT2D eigenvalue weighted by Gasteiger charge is -2.22. The number of nitrogens with zero attached hydrogens (tertiary/aromatic N) is 3. The molecule has 1 amide bonds. The summed E-state index contributed by atoms with van der Waals surface area (Å²) in [6, 6.07) is 21.7. The van der Waals surface area contributed by atoms with Crippen LogP contribution in [0.1, 0.15) is 33.3 Å². The molecule has 0 radical (unpaired) electrons. The van der Waals surface area contributed by atoms with Gasteiger partial charge >= 0.3 is 0 Å². The van der Waals surface area contributed by atoms with E-state index in [9.17, 15) is 9.59 Å². The van der Waals surface area contributed by atoms with E-state index < -0.39 is 11.9 Å². The van der Waals surface area contributed by atoms with Crippen LogP contribution in [0.15, 0.2) is 92.0 Å². The number of aromatic nitrogens is 2. The Labute approximate surface area is 211 Å². The maximum Gasteiger partial charge on any atom is 0.297 e. The fourth-order valence-electron chi connectivity index (χ4n) is 4.22. The van der Waals surface area contributed by atoms with Crippen LogP contribution in [-0.4, -0.2) is 16.1 Å². The summed E-state index contributed by atoms with van der Waals surface area (Å²) in [7, 11) is 0. The second kappa shape index (κ2) is 8.75. The first-order chi connectivity index (χ1) is 17.1. The van der Waals surface area contributed by atoms with Gasteiger partial charge in [-0.1, -0.05) is 69.7 Å². The van der Waals surface area contributed by atoms with Crippen molar-refractivity contribution in [3.8, 4) is 5.75 Å². The standard InChI is InChI=1S/C26H16BrN3O4S/c27-17-8-11-20-19(12-17)23(31)21-22(30(25(32)24(21)34-20)26-29-28-14-35-26)16-6-9-18(10-7-16)33-13-15-4-2-1-3-5-15/h1-12,14,22H,13H2. The summed E-state index contributed by atoms with van der Waals surface area (Å²) < 4.78 is 12.6. The van der Waals surface area contributed by atoms with Crippen molar-refractivity contribution in [3.63, 3.8) is 0 Å². The van der Waals surface area contributed by atoms with Crippen LogP contribution in [0, 0.1) is 0 Å². The third-order valence-electron chi connectivity index (χ3n) is 5.83. The summed E-state index contributed by atoms with van der Waals surface area (Å²) >= 11 is 4.63. The Morgan fingerprint density at radius 1 is 1.03 bits per heavy atom. The van der Waals surface area contributed by atoms with Gasteiger partial charge in [-0.2, -0.15) is 0 Å². The van der Waals surface area contributed by atoms with Crippen molar-refractivity contribution in [1.82, 2.24) is 10.2 Å². The van der Waals surface area contributed by atoms with Gasteiger partial charge in [0.1, 0.15) is 23.4 Å². The molecule has 0 fully saturated rings. The highest BCUT2D eigenvalue weighted by Gasteiger charge is 2.45. The molecule has 35 heavy (non-hydrogen) atoms. The van der Waals surface area contributed by atoms with Gasteiger partial charge in [0, 0.05) is 4.47 Å². The number of rotatable bonds is 5. The lowest BCUT2D eigenvalue weighted by Crippen LogP contribution is -2.29. The van der Waals surface area contributed by atoms with E-state index in [0.717, 1.165) is 15.6 Å². The molecule has 3 aromatic carbocycles. The maximum absolute atomic E-state index is 13.6. The van der Waals surface area contributed by atoms with Crippen molar-refractivity contribution in [3.05, 3.63) is 115 Å². The Kier molecular flexibility index (Phi) is 5.43. The highest BCUT2D eigenvalue weighted by atomic mass is 79.9. The van der Waals surface area contributed by atoms with Gasteiger partial charge in [0.25, 0.3) is 5.91 Å². The predicted molar refractivity (Wildman–Crippen MR) is 136 cm³/mol. The van der Waals surface area contributed by atoms with E-state index in [1.807, 2.05) is 54.6 Å². The van der Waals surface area contributed by atoms with Gasteiger partial charge in [-0.15, -0.1) is 10.2 Å². The molecule has 9 heteroatoms.